The number of fused-ring (bicyclic) bond motifs is 1. The number of nitrogens with one attached hydrogen (secondary N) is 1. The zero-order valence-corrected chi connectivity index (χ0v) is 15.4. The lowest BCUT2D eigenvalue weighted by Gasteiger charge is -2.08. The van der Waals surface area contributed by atoms with Gasteiger partial charge in [0, 0.05) is 29.2 Å². The summed E-state index contributed by atoms with van der Waals surface area (Å²) in [6, 6.07) is 11.7. The maximum Gasteiger partial charge on any atom is 0.165 e. The molecule has 0 fully saturated rings. The molecule has 0 unspecified atom stereocenters. The number of hydrogen-bond donors (Lipinski definition) is 1. The second kappa shape index (κ2) is 7.94. The largest absolute Gasteiger partial charge is 0.493 e. The van der Waals surface area contributed by atoms with E-state index >= 15 is 0 Å². The topological polar surface area (TPSA) is 68.6 Å². The highest BCUT2D eigenvalue weighted by Gasteiger charge is 2.08. The van der Waals surface area contributed by atoms with Crippen molar-refractivity contribution >= 4 is 39.0 Å². The monoisotopic (exact) mass is 400 g/mol. The first-order chi connectivity index (χ1) is 12.2. The minimum absolute atomic E-state index is 0.562. The van der Waals surface area contributed by atoms with Gasteiger partial charge in [0.15, 0.2) is 17.3 Å². The second-order valence-corrected chi connectivity index (χ2v) is 6.12. The summed E-state index contributed by atoms with van der Waals surface area (Å²) in [4.78, 5) is 8.86. The molecule has 1 heterocycles. The van der Waals surface area contributed by atoms with Gasteiger partial charge < -0.3 is 9.47 Å². The summed E-state index contributed by atoms with van der Waals surface area (Å²) in [5, 5.41) is 4.20. The highest BCUT2D eigenvalue weighted by Crippen LogP contribution is 2.30. The lowest BCUT2D eigenvalue weighted by Crippen LogP contribution is -1.97. The maximum atomic E-state index is 5.29. The van der Waals surface area contributed by atoms with Crippen LogP contribution in [0.3, 0.4) is 0 Å². The van der Waals surface area contributed by atoms with Gasteiger partial charge in [0.2, 0.25) is 0 Å². The molecule has 0 aliphatic carbocycles. The Morgan fingerprint density at radius 3 is 2.44 bits per heavy atom. The van der Waals surface area contributed by atoms with E-state index in [1.54, 1.807) is 38.8 Å². The Morgan fingerprint density at radius 1 is 1.08 bits per heavy atom. The summed E-state index contributed by atoms with van der Waals surface area (Å²) < 4.78 is 11.6. The predicted molar refractivity (Wildman–Crippen MR) is 103 cm³/mol. The van der Waals surface area contributed by atoms with Crippen LogP contribution in [0.2, 0.25) is 0 Å². The Labute approximate surface area is 154 Å². The van der Waals surface area contributed by atoms with Crippen molar-refractivity contribution in [2.24, 2.45) is 5.10 Å². The molecule has 3 aromatic rings. The van der Waals surface area contributed by atoms with Crippen LogP contribution in [0.5, 0.6) is 11.5 Å². The van der Waals surface area contributed by atoms with E-state index < -0.39 is 0 Å². The van der Waals surface area contributed by atoms with E-state index in [9.17, 15) is 0 Å². The summed E-state index contributed by atoms with van der Waals surface area (Å²) in [5.41, 5.74) is 5.50. The Hall–Kier alpha value is -2.67. The fraction of sp³-hybridized carbons (Fsp3) is 0.167. The van der Waals surface area contributed by atoms with Crippen molar-refractivity contribution < 1.29 is 9.47 Å². The summed E-state index contributed by atoms with van der Waals surface area (Å²) >= 11 is 3.42. The van der Waals surface area contributed by atoms with Crippen LogP contribution in [0.15, 0.2) is 52.2 Å². The summed E-state index contributed by atoms with van der Waals surface area (Å²) in [6.07, 6.45) is 4.15. The molecule has 128 valence electrons. The smallest absolute Gasteiger partial charge is 0.165 e. The fourth-order valence-corrected chi connectivity index (χ4v) is 2.54. The molecule has 0 saturated carbocycles. The lowest BCUT2D eigenvalue weighted by molar-refractivity contribution is 0.355. The average molecular weight is 401 g/mol. The predicted octanol–water partition coefficient (Wildman–Crippen LogP) is 4.05. The standard InChI is InChI=1S/C18H17BrN4O2/c1-24-16-9-14-15(10-17(16)25-2)22-18(11-20-14)23-21-8-7-12-3-5-13(19)6-4-12/h3-6,8-11H,7H2,1-2H3,(H,22,23). The number of nitrogens with zero attached hydrogens (tertiary/aromatic N) is 3. The summed E-state index contributed by atoms with van der Waals surface area (Å²) in [7, 11) is 3.18. The van der Waals surface area contributed by atoms with Crippen molar-refractivity contribution in [2.75, 3.05) is 19.6 Å². The molecule has 0 radical (unpaired) electrons. The molecule has 0 bridgehead atoms. The molecule has 1 N–H and O–H groups in total. The van der Waals surface area contributed by atoms with Crippen molar-refractivity contribution in [3.8, 4) is 11.5 Å². The molecule has 0 spiro atoms. The normalized spacial score (nSPS) is 11.0. The zero-order valence-electron chi connectivity index (χ0n) is 13.9. The van der Waals surface area contributed by atoms with E-state index in [0.29, 0.717) is 22.8 Å². The highest BCUT2D eigenvalue weighted by molar-refractivity contribution is 9.10. The van der Waals surface area contributed by atoms with Gasteiger partial charge in [-0.1, -0.05) is 28.1 Å². The third-order valence-corrected chi connectivity index (χ3v) is 4.09. The first-order valence-corrected chi connectivity index (χ1v) is 8.39. The van der Waals surface area contributed by atoms with Gasteiger partial charge in [-0.15, -0.1) is 0 Å². The Kier molecular flexibility index (Phi) is 5.45. The van der Waals surface area contributed by atoms with E-state index in [2.05, 4.69) is 36.4 Å². The minimum Gasteiger partial charge on any atom is -0.493 e. The van der Waals surface area contributed by atoms with Crippen molar-refractivity contribution in [2.45, 2.75) is 6.42 Å². The molecular weight excluding hydrogens is 384 g/mol. The van der Waals surface area contributed by atoms with Crippen molar-refractivity contribution in [1.29, 1.82) is 0 Å². The zero-order chi connectivity index (χ0) is 17.6. The Balaban J connectivity index is 1.71. The van der Waals surface area contributed by atoms with E-state index in [1.807, 2.05) is 24.3 Å². The number of benzene rings is 2. The fourth-order valence-electron chi connectivity index (χ4n) is 2.28. The molecule has 7 heteroatoms. The van der Waals surface area contributed by atoms with Crippen LogP contribution in [-0.2, 0) is 6.42 Å². The van der Waals surface area contributed by atoms with Gasteiger partial charge >= 0.3 is 0 Å². The number of rotatable bonds is 6. The third-order valence-electron chi connectivity index (χ3n) is 3.56. The van der Waals surface area contributed by atoms with E-state index in [1.165, 1.54) is 5.56 Å². The lowest BCUT2D eigenvalue weighted by atomic mass is 10.2. The molecule has 0 aliphatic heterocycles. The van der Waals surface area contributed by atoms with Crippen molar-refractivity contribution in [1.82, 2.24) is 9.97 Å². The summed E-state index contributed by atoms with van der Waals surface area (Å²) in [6.45, 7) is 0. The quantitative estimate of drug-likeness (QED) is 0.499. The van der Waals surface area contributed by atoms with Gasteiger partial charge in [-0.05, 0) is 17.7 Å². The van der Waals surface area contributed by atoms with Gasteiger partial charge in [0.05, 0.1) is 31.4 Å². The number of hydrazone groups is 1. The van der Waals surface area contributed by atoms with Crippen LogP contribution in [0, 0.1) is 0 Å². The van der Waals surface area contributed by atoms with Crippen LogP contribution >= 0.6 is 15.9 Å². The molecule has 25 heavy (non-hydrogen) atoms. The number of hydrogen-bond acceptors (Lipinski definition) is 6. The second-order valence-electron chi connectivity index (χ2n) is 5.21. The van der Waals surface area contributed by atoms with Gasteiger partial charge in [-0.3, -0.25) is 10.4 Å². The number of aromatic nitrogens is 2. The van der Waals surface area contributed by atoms with Crippen molar-refractivity contribution in [3.63, 3.8) is 0 Å². The Morgan fingerprint density at radius 2 is 1.76 bits per heavy atom. The van der Waals surface area contributed by atoms with E-state index in [0.717, 1.165) is 16.4 Å². The molecule has 0 saturated heterocycles. The molecular formula is C18H17BrN4O2. The van der Waals surface area contributed by atoms with Gasteiger partial charge in [-0.25, -0.2) is 4.98 Å². The molecule has 0 aliphatic rings. The number of ether oxygens (including phenoxy) is 2. The van der Waals surface area contributed by atoms with Crippen molar-refractivity contribution in [3.05, 3.63) is 52.6 Å². The van der Waals surface area contributed by atoms with Crippen LogP contribution in [0.4, 0.5) is 5.82 Å². The molecule has 2 aromatic carbocycles. The number of methoxy groups -OCH3 is 2. The molecule has 3 rings (SSSR count). The van der Waals surface area contributed by atoms with Gasteiger partial charge in [0.25, 0.3) is 0 Å². The van der Waals surface area contributed by atoms with Gasteiger partial charge in [0.1, 0.15) is 0 Å². The average Bonchev–Trinajstić information content (AvgIpc) is 2.65. The third kappa shape index (κ3) is 4.24. The first kappa shape index (κ1) is 17.2. The van der Waals surface area contributed by atoms with Crippen LogP contribution in [-0.4, -0.2) is 30.4 Å². The summed E-state index contributed by atoms with van der Waals surface area (Å²) in [5.74, 6) is 1.80. The van der Waals surface area contributed by atoms with E-state index in [-0.39, 0.29) is 0 Å². The molecule has 0 atom stereocenters. The Bertz CT molecular complexity index is 897. The maximum absolute atomic E-state index is 5.29. The first-order valence-electron chi connectivity index (χ1n) is 7.60. The molecule has 6 nitrogen and oxygen atoms in total. The number of halogens is 1. The minimum atomic E-state index is 0.562. The van der Waals surface area contributed by atoms with Crippen LogP contribution in [0.1, 0.15) is 5.56 Å². The van der Waals surface area contributed by atoms with E-state index in [4.69, 9.17) is 9.47 Å². The SMILES string of the molecule is COc1cc2ncc(NN=CCc3ccc(Br)cc3)nc2cc1OC. The van der Waals surface area contributed by atoms with Crippen LogP contribution in [0.25, 0.3) is 11.0 Å². The molecule has 1 aromatic heterocycles. The molecule has 0 amide bonds. The van der Waals surface area contributed by atoms with Gasteiger partial charge in [-0.2, -0.15) is 5.10 Å². The van der Waals surface area contributed by atoms with Crippen LogP contribution < -0.4 is 14.9 Å². The number of anilines is 1. The highest BCUT2D eigenvalue weighted by atomic mass is 79.9.